The zero-order valence-electron chi connectivity index (χ0n) is 18.0. The minimum Gasteiger partial charge on any atom is -0.476 e. The molecule has 1 aromatic rings. The monoisotopic (exact) mass is 444 g/mol. The quantitative estimate of drug-likeness (QED) is 0.646. The Morgan fingerprint density at radius 2 is 2.10 bits per heavy atom. The highest BCUT2D eigenvalue weighted by Crippen LogP contribution is 2.53. The van der Waals surface area contributed by atoms with Gasteiger partial charge in [-0.15, -0.1) is 0 Å². The van der Waals surface area contributed by atoms with E-state index in [1.165, 1.54) is 6.42 Å². The summed E-state index contributed by atoms with van der Waals surface area (Å²) < 4.78 is 5.99. The van der Waals surface area contributed by atoms with E-state index in [9.17, 15) is 4.79 Å². The first-order valence-corrected chi connectivity index (χ1v) is 11.8. The number of rotatable bonds is 4. The van der Waals surface area contributed by atoms with Crippen molar-refractivity contribution >= 4 is 29.4 Å². The van der Waals surface area contributed by atoms with Crippen LogP contribution in [0.5, 0.6) is 5.88 Å². The Morgan fingerprint density at radius 1 is 1.23 bits per heavy atom. The summed E-state index contributed by atoms with van der Waals surface area (Å²) in [6.45, 7) is 1.65. The minimum atomic E-state index is -0.352. The number of oxime groups is 1. The third-order valence-electron chi connectivity index (χ3n) is 7.49. The van der Waals surface area contributed by atoms with Gasteiger partial charge in [0.25, 0.3) is 0 Å². The highest BCUT2D eigenvalue weighted by Gasteiger charge is 2.50. The summed E-state index contributed by atoms with van der Waals surface area (Å²) in [5, 5.41) is 4.48. The number of aromatic nitrogens is 2. The van der Waals surface area contributed by atoms with Gasteiger partial charge in [-0.2, -0.15) is 4.98 Å². The van der Waals surface area contributed by atoms with Crippen molar-refractivity contribution in [2.24, 2.45) is 16.5 Å². The van der Waals surface area contributed by atoms with Crippen LogP contribution in [0.15, 0.2) is 16.8 Å². The van der Waals surface area contributed by atoms with E-state index in [0.29, 0.717) is 47.5 Å². The number of ketones is 1. The Kier molecular flexibility index (Phi) is 5.73. The van der Waals surface area contributed by atoms with Crippen LogP contribution in [0.4, 0.5) is 0 Å². The highest BCUT2D eigenvalue weighted by atomic mass is 35.5. The number of carbonyl (C=O) groups is 1. The fraction of sp³-hybridized carbons (Fsp3) is 0.652. The molecule has 0 N–H and O–H groups in total. The molecule has 5 rings (SSSR count). The number of fused-ring (bicyclic) bond motifs is 2. The van der Waals surface area contributed by atoms with Crippen LogP contribution in [-0.2, 0) is 9.63 Å². The van der Waals surface area contributed by atoms with Crippen LogP contribution in [0.3, 0.4) is 0 Å². The van der Waals surface area contributed by atoms with E-state index in [4.69, 9.17) is 21.2 Å². The van der Waals surface area contributed by atoms with Crippen LogP contribution in [-0.4, -0.2) is 53.1 Å². The van der Waals surface area contributed by atoms with Gasteiger partial charge in [-0.1, -0.05) is 23.2 Å². The number of carbonyl (C=O) groups excluding carboxylic acids is 1. The number of likely N-dealkylation sites (tertiary alicyclic amines) is 1. The summed E-state index contributed by atoms with van der Waals surface area (Å²) >= 11 is 6.32. The lowest BCUT2D eigenvalue weighted by atomic mass is 9.57. The summed E-state index contributed by atoms with van der Waals surface area (Å²) in [6, 6.07) is 2.02. The zero-order valence-corrected chi connectivity index (χ0v) is 18.7. The Balaban J connectivity index is 1.44. The number of hydrogen-bond acceptors (Lipinski definition) is 7. The van der Waals surface area contributed by atoms with Crippen molar-refractivity contribution in [3.8, 4) is 5.88 Å². The molecule has 2 aliphatic carbocycles. The molecule has 4 aliphatic rings. The SMILES string of the molecule is CN1CCC[C@H]1COc1cc(Cl)nc(C2=C3CCC[C@@]4(CCCCC4=O)C3C=NO2)n1. The number of Topliss-reactive ketones (excluding diaryl/α,β-unsaturated/α-hetero) is 1. The van der Waals surface area contributed by atoms with E-state index in [1.54, 1.807) is 6.07 Å². The molecule has 3 atom stereocenters. The van der Waals surface area contributed by atoms with Crippen molar-refractivity contribution < 1.29 is 14.4 Å². The molecule has 0 bridgehead atoms. The molecule has 8 heteroatoms. The molecule has 7 nitrogen and oxygen atoms in total. The molecular formula is C23H29ClN4O3. The topological polar surface area (TPSA) is 76.9 Å². The van der Waals surface area contributed by atoms with Gasteiger partial charge >= 0.3 is 0 Å². The number of ether oxygens (including phenoxy) is 1. The summed E-state index contributed by atoms with van der Waals surface area (Å²) in [5.74, 6) is 1.69. The standard InChI is InChI=1S/C23H29ClN4O3/c1-28-11-5-6-15(28)14-30-20-12-19(24)26-22(27-20)21-16-7-4-10-23(17(16)13-25-31-21)9-3-2-8-18(23)29/h12-13,15,17H,2-11,14H2,1H3/t15-,17?,23-/m0/s1. The maximum Gasteiger partial charge on any atom is 0.218 e. The smallest absolute Gasteiger partial charge is 0.218 e. The van der Waals surface area contributed by atoms with E-state index in [1.807, 2.05) is 6.21 Å². The van der Waals surface area contributed by atoms with Gasteiger partial charge in [-0.05, 0) is 64.1 Å². The molecule has 3 heterocycles. The lowest BCUT2D eigenvalue weighted by Crippen LogP contribution is -2.45. The van der Waals surface area contributed by atoms with Gasteiger partial charge in [0.05, 0.1) is 6.21 Å². The number of halogens is 1. The first kappa shape index (κ1) is 20.9. The molecule has 3 fully saturated rings. The third-order valence-corrected chi connectivity index (χ3v) is 7.68. The fourth-order valence-electron chi connectivity index (χ4n) is 5.76. The average Bonchev–Trinajstić information content (AvgIpc) is 3.18. The number of hydrogen-bond donors (Lipinski definition) is 0. The van der Waals surface area contributed by atoms with Crippen molar-refractivity contribution in [1.82, 2.24) is 14.9 Å². The second-order valence-corrected chi connectivity index (χ2v) is 9.65. The van der Waals surface area contributed by atoms with Crippen LogP contribution >= 0.6 is 11.6 Å². The lowest BCUT2D eigenvalue weighted by molar-refractivity contribution is -0.134. The Hall–Kier alpha value is -1.99. The van der Waals surface area contributed by atoms with Crippen molar-refractivity contribution in [1.29, 1.82) is 0 Å². The molecule has 1 saturated heterocycles. The van der Waals surface area contributed by atoms with E-state index in [2.05, 4.69) is 27.1 Å². The minimum absolute atomic E-state index is 0.0445. The number of likely N-dealkylation sites (N-methyl/N-ethyl adjacent to an activating group) is 1. The molecule has 0 amide bonds. The highest BCUT2D eigenvalue weighted by molar-refractivity contribution is 6.29. The predicted octanol–water partition coefficient (Wildman–Crippen LogP) is 4.26. The largest absolute Gasteiger partial charge is 0.476 e. The average molecular weight is 445 g/mol. The van der Waals surface area contributed by atoms with Gasteiger partial charge in [0.1, 0.15) is 17.5 Å². The Morgan fingerprint density at radius 3 is 2.90 bits per heavy atom. The second kappa shape index (κ2) is 8.51. The maximum atomic E-state index is 13.0. The van der Waals surface area contributed by atoms with Crippen molar-refractivity contribution in [3.05, 3.63) is 22.6 Å². The molecule has 1 spiro atoms. The van der Waals surface area contributed by atoms with Crippen LogP contribution in [0.25, 0.3) is 5.76 Å². The van der Waals surface area contributed by atoms with Crippen LogP contribution in [0.1, 0.15) is 63.6 Å². The van der Waals surface area contributed by atoms with Crippen molar-refractivity contribution in [3.63, 3.8) is 0 Å². The van der Waals surface area contributed by atoms with Crippen LogP contribution in [0, 0.1) is 11.3 Å². The first-order chi connectivity index (χ1) is 15.1. The Labute approximate surface area is 187 Å². The summed E-state index contributed by atoms with van der Waals surface area (Å²) in [6.07, 6.45) is 10.5. The summed E-state index contributed by atoms with van der Waals surface area (Å²) in [7, 11) is 2.12. The molecule has 1 aromatic heterocycles. The van der Waals surface area contributed by atoms with E-state index in [-0.39, 0.29) is 11.3 Å². The van der Waals surface area contributed by atoms with E-state index < -0.39 is 0 Å². The third kappa shape index (κ3) is 3.87. The molecule has 1 unspecified atom stereocenters. The molecule has 2 saturated carbocycles. The van der Waals surface area contributed by atoms with Gasteiger partial charge < -0.3 is 14.5 Å². The van der Waals surface area contributed by atoms with Crippen LogP contribution < -0.4 is 4.74 Å². The predicted molar refractivity (Wildman–Crippen MR) is 118 cm³/mol. The molecule has 0 aromatic carbocycles. The van der Waals surface area contributed by atoms with Gasteiger partial charge in [0, 0.05) is 29.9 Å². The van der Waals surface area contributed by atoms with Gasteiger partial charge in [-0.25, -0.2) is 4.98 Å². The summed E-state index contributed by atoms with van der Waals surface area (Å²) in [5.41, 5.74) is 0.718. The van der Waals surface area contributed by atoms with E-state index in [0.717, 1.165) is 57.1 Å². The van der Waals surface area contributed by atoms with Gasteiger partial charge in [0.2, 0.25) is 17.5 Å². The normalized spacial score (nSPS) is 31.1. The number of nitrogens with zero attached hydrogens (tertiary/aromatic N) is 4. The summed E-state index contributed by atoms with van der Waals surface area (Å²) in [4.78, 5) is 30.0. The zero-order chi connectivity index (χ0) is 21.4. The van der Waals surface area contributed by atoms with Crippen molar-refractivity contribution in [2.45, 2.75) is 63.8 Å². The molecule has 31 heavy (non-hydrogen) atoms. The molecular weight excluding hydrogens is 416 g/mol. The molecule has 2 aliphatic heterocycles. The van der Waals surface area contributed by atoms with Crippen molar-refractivity contribution in [2.75, 3.05) is 20.2 Å². The second-order valence-electron chi connectivity index (χ2n) is 9.26. The fourth-order valence-corrected chi connectivity index (χ4v) is 5.94. The molecule has 0 radical (unpaired) electrons. The number of allylic oxidation sites excluding steroid dienone is 1. The lowest BCUT2D eigenvalue weighted by Gasteiger charge is -2.45. The van der Waals surface area contributed by atoms with Gasteiger partial charge in [0.15, 0.2) is 0 Å². The first-order valence-electron chi connectivity index (χ1n) is 11.4. The maximum absolute atomic E-state index is 13.0. The van der Waals surface area contributed by atoms with E-state index >= 15 is 0 Å². The van der Waals surface area contributed by atoms with Crippen LogP contribution in [0.2, 0.25) is 5.15 Å². The molecule has 166 valence electrons. The van der Waals surface area contributed by atoms with Gasteiger partial charge in [-0.3, -0.25) is 4.79 Å². The Bertz CT molecular complexity index is 929.